The van der Waals surface area contributed by atoms with Crippen molar-refractivity contribution in [2.45, 2.75) is 13.2 Å². The molecule has 0 amide bonds. The van der Waals surface area contributed by atoms with Crippen molar-refractivity contribution in [1.82, 2.24) is 0 Å². The van der Waals surface area contributed by atoms with Crippen LogP contribution in [0.25, 0.3) is 0 Å². The zero-order valence-corrected chi connectivity index (χ0v) is 10.5. The molecule has 4 heteroatoms. The molecule has 3 nitrogen and oxygen atoms in total. The Morgan fingerprint density at radius 3 is 2.62 bits per heavy atom. The molecule has 0 aromatic heterocycles. The SMILES string of the molecule is COC(C/N=C/c1ccc(Cl)cc1C)OC. The summed E-state index contributed by atoms with van der Waals surface area (Å²) in [5.74, 6) is 0. The molecule has 0 atom stereocenters. The van der Waals surface area contributed by atoms with E-state index in [0.717, 1.165) is 16.1 Å². The van der Waals surface area contributed by atoms with Gasteiger partial charge in [-0.2, -0.15) is 0 Å². The molecule has 1 rings (SSSR count). The number of aliphatic imine (C=N–C) groups is 1. The molecule has 0 N–H and O–H groups in total. The van der Waals surface area contributed by atoms with Crippen LogP contribution in [0.2, 0.25) is 5.02 Å². The molecule has 0 heterocycles. The first kappa shape index (κ1) is 13.2. The Kier molecular flexibility index (Phi) is 5.46. The van der Waals surface area contributed by atoms with E-state index in [1.165, 1.54) is 0 Å². The van der Waals surface area contributed by atoms with Gasteiger partial charge in [-0.15, -0.1) is 0 Å². The second-order valence-corrected chi connectivity index (χ2v) is 3.83. The minimum Gasteiger partial charge on any atom is -0.354 e. The van der Waals surface area contributed by atoms with E-state index >= 15 is 0 Å². The van der Waals surface area contributed by atoms with Gasteiger partial charge in [-0.1, -0.05) is 17.7 Å². The summed E-state index contributed by atoms with van der Waals surface area (Å²) < 4.78 is 10.1. The molecule has 0 radical (unpaired) electrons. The maximum atomic E-state index is 5.86. The minimum atomic E-state index is -0.288. The van der Waals surface area contributed by atoms with Crippen molar-refractivity contribution in [2.75, 3.05) is 20.8 Å². The fourth-order valence-corrected chi connectivity index (χ4v) is 1.49. The smallest absolute Gasteiger partial charge is 0.176 e. The number of hydrogen-bond donors (Lipinski definition) is 0. The molecular formula is C12H16ClNO2. The molecule has 0 aliphatic heterocycles. The first-order chi connectivity index (χ1) is 7.67. The van der Waals surface area contributed by atoms with Gasteiger partial charge in [0, 0.05) is 25.5 Å². The van der Waals surface area contributed by atoms with E-state index in [9.17, 15) is 0 Å². The first-order valence-corrected chi connectivity index (χ1v) is 5.36. The number of nitrogens with zero attached hydrogens (tertiary/aromatic N) is 1. The lowest BCUT2D eigenvalue weighted by Crippen LogP contribution is -2.16. The van der Waals surface area contributed by atoms with E-state index < -0.39 is 0 Å². The highest BCUT2D eigenvalue weighted by molar-refractivity contribution is 6.30. The maximum absolute atomic E-state index is 5.86. The summed E-state index contributed by atoms with van der Waals surface area (Å²) in [6.45, 7) is 2.48. The van der Waals surface area contributed by atoms with Crippen molar-refractivity contribution in [3.05, 3.63) is 34.3 Å². The van der Waals surface area contributed by atoms with Gasteiger partial charge in [-0.3, -0.25) is 4.99 Å². The van der Waals surface area contributed by atoms with Gasteiger partial charge < -0.3 is 9.47 Å². The molecule has 0 saturated carbocycles. The average Bonchev–Trinajstić information content (AvgIpc) is 2.27. The van der Waals surface area contributed by atoms with Gasteiger partial charge >= 0.3 is 0 Å². The van der Waals surface area contributed by atoms with Crippen LogP contribution < -0.4 is 0 Å². The second-order valence-electron chi connectivity index (χ2n) is 3.40. The molecule has 1 aromatic carbocycles. The van der Waals surface area contributed by atoms with Crippen LogP contribution in [0.5, 0.6) is 0 Å². The third-order valence-corrected chi connectivity index (χ3v) is 2.48. The lowest BCUT2D eigenvalue weighted by molar-refractivity contribution is -0.0936. The van der Waals surface area contributed by atoms with Crippen molar-refractivity contribution in [1.29, 1.82) is 0 Å². The van der Waals surface area contributed by atoms with Crippen LogP contribution in [0.3, 0.4) is 0 Å². The molecule has 0 spiro atoms. The van der Waals surface area contributed by atoms with Crippen molar-refractivity contribution < 1.29 is 9.47 Å². The largest absolute Gasteiger partial charge is 0.354 e. The van der Waals surface area contributed by atoms with E-state index in [2.05, 4.69) is 4.99 Å². The number of ether oxygens (including phenoxy) is 2. The summed E-state index contributed by atoms with van der Waals surface area (Å²) in [7, 11) is 3.19. The van der Waals surface area contributed by atoms with Crippen LogP contribution in [0.1, 0.15) is 11.1 Å². The zero-order chi connectivity index (χ0) is 12.0. The molecule has 0 unspecified atom stereocenters. The van der Waals surface area contributed by atoms with Crippen molar-refractivity contribution >= 4 is 17.8 Å². The van der Waals surface area contributed by atoms with Gasteiger partial charge in [0.15, 0.2) is 6.29 Å². The maximum Gasteiger partial charge on any atom is 0.176 e. The van der Waals surface area contributed by atoms with E-state index in [1.54, 1.807) is 20.4 Å². The van der Waals surface area contributed by atoms with Gasteiger partial charge in [0.05, 0.1) is 6.54 Å². The average molecular weight is 242 g/mol. The quantitative estimate of drug-likeness (QED) is 0.586. The Labute approximate surface area is 101 Å². The summed E-state index contributed by atoms with van der Waals surface area (Å²) in [6.07, 6.45) is 1.51. The molecule has 16 heavy (non-hydrogen) atoms. The van der Waals surface area contributed by atoms with Crippen LogP contribution in [-0.2, 0) is 9.47 Å². The summed E-state index contributed by atoms with van der Waals surface area (Å²) in [5, 5.41) is 0.737. The second kappa shape index (κ2) is 6.63. The lowest BCUT2D eigenvalue weighted by Gasteiger charge is -2.09. The molecule has 88 valence electrons. The molecule has 0 saturated heterocycles. The van der Waals surface area contributed by atoms with Crippen LogP contribution in [0, 0.1) is 6.92 Å². The van der Waals surface area contributed by atoms with Gasteiger partial charge in [0.25, 0.3) is 0 Å². The summed E-state index contributed by atoms with van der Waals surface area (Å²) in [4.78, 5) is 4.26. The normalized spacial score (nSPS) is 11.6. The van der Waals surface area contributed by atoms with Crippen molar-refractivity contribution in [3.63, 3.8) is 0 Å². The highest BCUT2D eigenvalue weighted by Crippen LogP contribution is 2.13. The van der Waals surface area contributed by atoms with Crippen LogP contribution in [0.4, 0.5) is 0 Å². The van der Waals surface area contributed by atoms with Crippen LogP contribution in [0.15, 0.2) is 23.2 Å². The molecule has 0 bridgehead atoms. The molecule has 1 aromatic rings. The first-order valence-electron chi connectivity index (χ1n) is 4.99. The molecule has 0 fully saturated rings. The highest BCUT2D eigenvalue weighted by Gasteiger charge is 2.02. The lowest BCUT2D eigenvalue weighted by atomic mass is 10.1. The summed E-state index contributed by atoms with van der Waals surface area (Å²) in [5.41, 5.74) is 2.15. The highest BCUT2D eigenvalue weighted by atomic mass is 35.5. The summed E-state index contributed by atoms with van der Waals surface area (Å²) in [6, 6.07) is 5.70. The third-order valence-electron chi connectivity index (χ3n) is 2.24. The zero-order valence-electron chi connectivity index (χ0n) is 9.74. The fourth-order valence-electron chi connectivity index (χ4n) is 1.27. The fraction of sp³-hybridized carbons (Fsp3) is 0.417. The predicted molar refractivity (Wildman–Crippen MR) is 66.5 cm³/mol. The van der Waals surface area contributed by atoms with Gasteiger partial charge in [0.1, 0.15) is 0 Å². The number of rotatable bonds is 5. The Morgan fingerprint density at radius 1 is 1.38 bits per heavy atom. The van der Waals surface area contributed by atoms with Crippen LogP contribution in [-0.4, -0.2) is 33.3 Å². The third kappa shape index (κ3) is 3.93. The molecular weight excluding hydrogens is 226 g/mol. The minimum absolute atomic E-state index is 0.288. The number of benzene rings is 1. The van der Waals surface area contributed by atoms with E-state index in [-0.39, 0.29) is 6.29 Å². The van der Waals surface area contributed by atoms with Gasteiger partial charge in [-0.05, 0) is 30.2 Å². The number of halogens is 1. The van der Waals surface area contributed by atoms with Crippen molar-refractivity contribution in [3.8, 4) is 0 Å². The monoisotopic (exact) mass is 241 g/mol. The van der Waals surface area contributed by atoms with E-state index in [1.807, 2.05) is 25.1 Å². The van der Waals surface area contributed by atoms with Crippen LogP contribution >= 0.6 is 11.6 Å². The number of methoxy groups -OCH3 is 2. The Bertz CT molecular complexity index is 362. The number of hydrogen-bond acceptors (Lipinski definition) is 3. The standard InChI is InChI=1S/C12H16ClNO2/c1-9-6-11(13)5-4-10(9)7-14-8-12(15-2)16-3/h4-7,12H,8H2,1-3H3/b14-7+. The summed E-state index contributed by atoms with van der Waals surface area (Å²) >= 11 is 5.86. The topological polar surface area (TPSA) is 30.8 Å². The molecule has 0 aliphatic rings. The predicted octanol–water partition coefficient (Wildman–Crippen LogP) is 2.69. The van der Waals surface area contributed by atoms with Gasteiger partial charge in [-0.25, -0.2) is 0 Å². The Balaban J connectivity index is 2.62. The Morgan fingerprint density at radius 2 is 2.06 bits per heavy atom. The Hall–Kier alpha value is -0.900. The van der Waals surface area contributed by atoms with E-state index in [4.69, 9.17) is 21.1 Å². The van der Waals surface area contributed by atoms with E-state index in [0.29, 0.717) is 6.54 Å². The molecule has 0 aliphatic carbocycles. The van der Waals surface area contributed by atoms with Gasteiger partial charge in [0.2, 0.25) is 0 Å². The van der Waals surface area contributed by atoms with Crippen molar-refractivity contribution in [2.24, 2.45) is 4.99 Å². The number of aryl methyl sites for hydroxylation is 1.